The van der Waals surface area contributed by atoms with E-state index >= 15 is 0 Å². The molecule has 1 heterocycles. The third-order valence-electron chi connectivity index (χ3n) is 5.39. The molecule has 1 aliphatic heterocycles. The van der Waals surface area contributed by atoms with E-state index in [4.69, 9.17) is 32.8 Å². The number of hydrogen-bond donors (Lipinski definition) is 1. The van der Waals surface area contributed by atoms with Crippen LogP contribution in [0.5, 0.6) is 5.75 Å². The fraction of sp³-hybridized carbons (Fsp3) is 0.269. The van der Waals surface area contributed by atoms with Crippen molar-refractivity contribution in [2.45, 2.75) is 25.2 Å². The average molecular weight is 485 g/mol. The summed E-state index contributed by atoms with van der Waals surface area (Å²) in [5, 5.41) is 16.3. The van der Waals surface area contributed by atoms with Gasteiger partial charge >= 0.3 is 0 Å². The Kier molecular flexibility index (Phi) is 8.24. The van der Waals surface area contributed by atoms with Gasteiger partial charge in [-0.3, -0.25) is 4.90 Å². The molecule has 0 saturated heterocycles. The van der Waals surface area contributed by atoms with Crippen molar-refractivity contribution >= 4 is 28.9 Å². The van der Waals surface area contributed by atoms with E-state index in [0.717, 1.165) is 22.6 Å². The Balaban J connectivity index is 1.39. The summed E-state index contributed by atoms with van der Waals surface area (Å²) in [6.45, 7) is 1.74. The van der Waals surface area contributed by atoms with E-state index in [1.165, 1.54) is 0 Å². The van der Waals surface area contributed by atoms with E-state index in [1.54, 1.807) is 0 Å². The molecule has 2 unspecified atom stereocenters. The monoisotopic (exact) mass is 484 g/mol. The minimum atomic E-state index is -0.682. The lowest BCUT2D eigenvalue weighted by molar-refractivity contribution is 0.0213. The van der Waals surface area contributed by atoms with Gasteiger partial charge in [0.2, 0.25) is 0 Å². The molecule has 172 valence electrons. The summed E-state index contributed by atoms with van der Waals surface area (Å²) >= 11 is 12.7. The molecule has 7 heteroatoms. The van der Waals surface area contributed by atoms with Gasteiger partial charge in [0.1, 0.15) is 24.6 Å². The van der Waals surface area contributed by atoms with Crippen LogP contribution in [-0.4, -0.2) is 47.6 Å². The smallest absolute Gasteiger partial charge is 0.145 e. The molecular formula is C26H26Cl2N2O3. The molecule has 4 rings (SSSR count). The molecule has 0 spiro atoms. The summed E-state index contributed by atoms with van der Waals surface area (Å²) in [4.78, 5) is 7.85. The fourth-order valence-electron chi connectivity index (χ4n) is 3.80. The van der Waals surface area contributed by atoms with Crippen LogP contribution in [0.3, 0.4) is 0 Å². The molecule has 0 saturated carbocycles. The first kappa shape index (κ1) is 23.6. The van der Waals surface area contributed by atoms with Crippen LogP contribution in [0.25, 0.3) is 0 Å². The molecule has 0 fully saturated rings. The van der Waals surface area contributed by atoms with Gasteiger partial charge in [-0.1, -0.05) is 83.0 Å². The van der Waals surface area contributed by atoms with E-state index in [0.29, 0.717) is 36.1 Å². The maximum absolute atomic E-state index is 10.7. The molecule has 0 amide bonds. The van der Waals surface area contributed by atoms with Crippen molar-refractivity contribution in [2.24, 2.45) is 5.16 Å². The summed E-state index contributed by atoms with van der Waals surface area (Å²) < 4.78 is 5.73. The highest BCUT2D eigenvalue weighted by Crippen LogP contribution is 2.24. The quantitative estimate of drug-likeness (QED) is 0.416. The third-order valence-corrected chi connectivity index (χ3v) is 6.08. The van der Waals surface area contributed by atoms with E-state index in [9.17, 15) is 5.11 Å². The zero-order valence-electron chi connectivity index (χ0n) is 18.1. The van der Waals surface area contributed by atoms with Gasteiger partial charge < -0.3 is 14.7 Å². The number of benzene rings is 3. The maximum Gasteiger partial charge on any atom is 0.145 e. The first-order chi connectivity index (χ1) is 16.1. The molecule has 1 aliphatic rings. The van der Waals surface area contributed by atoms with Crippen molar-refractivity contribution < 1.29 is 14.7 Å². The first-order valence-electron chi connectivity index (χ1n) is 10.9. The zero-order valence-corrected chi connectivity index (χ0v) is 19.6. The average Bonchev–Trinajstić information content (AvgIpc) is 3.28. The third kappa shape index (κ3) is 6.71. The highest BCUT2D eigenvalue weighted by Gasteiger charge is 2.27. The van der Waals surface area contributed by atoms with Crippen LogP contribution in [0, 0.1) is 0 Å². The topological polar surface area (TPSA) is 54.3 Å². The number of aliphatic hydroxyl groups excluding tert-OH is 1. The number of hydrogen-bond acceptors (Lipinski definition) is 5. The Morgan fingerprint density at radius 1 is 0.970 bits per heavy atom. The molecule has 0 aromatic heterocycles. The highest BCUT2D eigenvalue weighted by atomic mass is 35.5. The number of nitrogens with zero attached hydrogens (tertiary/aromatic N) is 2. The molecule has 2 atom stereocenters. The summed E-state index contributed by atoms with van der Waals surface area (Å²) in [6.07, 6.45) is -0.196. The predicted molar refractivity (Wildman–Crippen MR) is 132 cm³/mol. The van der Waals surface area contributed by atoms with Crippen LogP contribution in [-0.2, 0) is 11.4 Å². The highest BCUT2D eigenvalue weighted by molar-refractivity contribution is 6.34. The van der Waals surface area contributed by atoms with Crippen LogP contribution in [0.15, 0.2) is 84.0 Å². The Morgan fingerprint density at radius 3 is 2.42 bits per heavy atom. The lowest BCUT2D eigenvalue weighted by Crippen LogP contribution is -2.39. The standard InChI is InChI=1S/C26H26Cl2N2O3/c27-24-12-6-4-8-19(24)15-30(16-20(31)18-32-21-9-2-1-3-10-21)17-22-14-26(29-33-22)23-11-5-7-13-25(23)28/h1-13,20,22,31H,14-18H2. The summed E-state index contributed by atoms with van der Waals surface area (Å²) in [5.74, 6) is 0.728. The molecule has 0 radical (unpaired) electrons. The van der Waals surface area contributed by atoms with Crippen LogP contribution in [0.1, 0.15) is 17.5 Å². The second kappa shape index (κ2) is 11.5. The number of para-hydroxylation sites is 1. The minimum Gasteiger partial charge on any atom is -0.491 e. The summed E-state index contributed by atoms with van der Waals surface area (Å²) in [7, 11) is 0. The Hall–Kier alpha value is -2.57. The van der Waals surface area contributed by atoms with Gasteiger partial charge in [0.25, 0.3) is 0 Å². The van der Waals surface area contributed by atoms with Crippen molar-refractivity contribution in [3.63, 3.8) is 0 Å². The minimum absolute atomic E-state index is 0.152. The molecule has 1 N–H and O–H groups in total. The molecule has 3 aromatic rings. The summed E-state index contributed by atoms with van der Waals surface area (Å²) in [5.41, 5.74) is 2.70. The normalized spacial score (nSPS) is 16.4. The van der Waals surface area contributed by atoms with Crippen molar-refractivity contribution in [1.29, 1.82) is 0 Å². The lowest BCUT2D eigenvalue weighted by Gasteiger charge is -2.27. The lowest BCUT2D eigenvalue weighted by atomic mass is 10.0. The Morgan fingerprint density at radius 2 is 1.67 bits per heavy atom. The van der Waals surface area contributed by atoms with E-state index < -0.39 is 6.10 Å². The number of ether oxygens (including phenoxy) is 1. The van der Waals surface area contributed by atoms with Crippen molar-refractivity contribution in [1.82, 2.24) is 4.90 Å². The van der Waals surface area contributed by atoms with Crippen molar-refractivity contribution in [3.05, 3.63) is 100 Å². The van der Waals surface area contributed by atoms with Gasteiger partial charge in [0, 0.05) is 41.7 Å². The second-order valence-electron chi connectivity index (χ2n) is 8.01. The molecule has 0 bridgehead atoms. The van der Waals surface area contributed by atoms with E-state index in [2.05, 4.69) is 10.1 Å². The van der Waals surface area contributed by atoms with E-state index in [-0.39, 0.29) is 12.7 Å². The number of rotatable bonds is 10. The van der Waals surface area contributed by atoms with Crippen LogP contribution in [0.2, 0.25) is 10.0 Å². The van der Waals surface area contributed by atoms with Gasteiger partial charge in [-0.05, 0) is 29.8 Å². The fourth-order valence-corrected chi connectivity index (χ4v) is 4.24. The molecule has 0 aliphatic carbocycles. The predicted octanol–water partition coefficient (Wildman–Crippen LogP) is 5.43. The summed E-state index contributed by atoms with van der Waals surface area (Å²) in [6, 6.07) is 24.8. The number of oxime groups is 1. The Bertz CT molecular complexity index is 1080. The molecule has 5 nitrogen and oxygen atoms in total. The maximum atomic E-state index is 10.7. The van der Waals surface area contributed by atoms with E-state index in [1.807, 2.05) is 78.9 Å². The van der Waals surface area contributed by atoms with Crippen molar-refractivity contribution in [3.8, 4) is 5.75 Å². The zero-order chi connectivity index (χ0) is 23.0. The molecule has 3 aromatic carbocycles. The Labute approximate surface area is 204 Å². The first-order valence-corrected chi connectivity index (χ1v) is 11.6. The van der Waals surface area contributed by atoms with Crippen LogP contribution < -0.4 is 4.74 Å². The van der Waals surface area contributed by atoms with Gasteiger partial charge in [-0.2, -0.15) is 0 Å². The SMILES string of the molecule is OC(COc1ccccc1)CN(Cc1ccccc1Cl)CC1CC(c2ccccc2Cl)=NO1. The molecule has 33 heavy (non-hydrogen) atoms. The molecular weight excluding hydrogens is 459 g/mol. The number of aliphatic hydroxyl groups is 1. The second-order valence-corrected chi connectivity index (χ2v) is 8.83. The van der Waals surface area contributed by atoms with Gasteiger partial charge in [-0.25, -0.2) is 0 Å². The largest absolute Gasteiger partial charge is 0.491 e. The number of halogens is 2. The van der Waals surface area contributed by atoms with Crippen LogP contribution in [0.4, 0.5) is 0 Å². The van der Waals surface area contributed by atoms with Crippen LogP contribution >= 0.6 is 23.2 Å². The van der Waals surface area contributed by atoms with Gasteiger partial charge in [0.05, 0.1) is 5.71 Å². The van der Waals surface area contributed by atoms with Gasteiger partial charge in [-0.15, -0.1) is 0 Å². The van der Waals surface area contributed by atoms with Crippen molar-refractivity contribution in [2.75, 3.05) is 19.7 Å². The van der Waals surface area contributed by atoms with Gasteiger partial charge in [0.15, 0.2) is 0 Å².